The molecule has 0 radical (unpaired) electrons. The standard InChI is InChI=1S/C18H29N3/c1-14(2)18-12-19-7-6-16(18)11-15(3)21-10-9-20-8-4-5-17(20)13-21/h6-7,12,14-15,17H,4-5,8-11,13H2,1-3H3. The van der Waals surface area contributed by atoms with Crippen LogP contribution in [0.5, 0.6) is 0 Å². The van der Waals surface area contributed by atoms with Gasteiger partial charge in [0.15, 0.2) is 0 Å². The highest BCUT2D eigenvalue weighted by Gasteiger charge is 2.32. The van der Waals surface area contributed by atoms with Gasteiger partial charge in [0.05, 0.1) is 0 Å². The lowest BCUT2D eigenvalue weighted by Gasteiger charge is -2.40. The lowest BCUT2D eigenvalue weighted by Crippen LogP contribution is -2.53. The summed E-state index contributed by atoms with van der Waals surface area (Å²) in [4.78, 5) is 9.70. The molecule has 0 spiro atoms. The van der Waals surface area contributed by atoms with Gasteiger partial charge in [0, 0.05) is 44.1 Å². The van der Waals surface area contributed by atoms with Crippen LogP contribution in [0.2, 0.25) is 0 Å². The molecule has 2 aliphatic heterocycles. The van der Waals surface area contributed by atoms with Gasteiger partial charge in [0.25, 0.3) is 0 Å². The minimum atomic E-state index is 0.563. The summed E-state index contributed by atoms with van der Waals surface area (Å²) in [6.07, 6.45) is 7.96. The Labute approximate surface area is 129 Å². The molecule has 3 nitrogen and oxygen atoms in total. The third-order valence-electron chi connectivity index (χ3n) is 5.33. The highest BCUT2D eigenvalue weighted by atomic mass is 15.3. The van der Waals surface area contributed by atoms with Gasteiger partial charge in [0.2, 0.25) is 0 Å². The Bertz CT molecular complexity index is 471. The number of hydrogen-bond acceptors (Lipinski definition) is 3. The summed E-state index contributed by atoms with van der Waals surface area (Å²) >= 11 is 0. The number of hydrogen-bond donors (Lipinski definition) is 0. The molecule has 0 amide bonds. The van der Waals surface area contributed by atoms with Crippen molar-refractivity contribution in [2.24, 2.45) is 0 Å². The number of pyridine rings is 1. The van der Waals surface area contributed by atoms with Crippen molar-refractivity contribution in [3.05, 3.63) is 29.6 Å². The van der Waals surface area contributed by atoms with Crippen molar-refractivity contribution >= 4 is 0 Å². The van der Waals surface area contributed by atoms with E-state index in [9.17, 15) is 0 Å². The molecule has 0 saturated carbocycles. The van der Waals surface area contributed by atoms with Crippen LogP contribution < -0.4 is 0 Å². The number of rotatable bonds is 4. The van der Waals surface area contributed by atoms with E-state index in [1.165, 1.54) is 50.1 Å². The van der Waals surface area contributed by atoms with Crippen molar-refractivity contribution in [1.29, 1.82) is 0 Å². The smallest absolute Gasteiger partial charge is 0.0305 e. The summed E-state index contributed by atoms with van der Waals surface area (Å²) in [5.41, 5.74) is 2.91. The fourth-order valence-electron chi connectivity index (χ4n) is 4.00. The topological polar surface area (TPSA) is 19.4 Å². The van der Waals surface area contributed by atoms with Crippen LogP contribution in [-0.2, 0) is 6.42 Å². The van der Waals surface area contributed by atoms with Gasteiger partial charge in [-0.1, -0.05) is 13.8 Å². The zero-order valence-corrected chi connectivity index (χ0v) is 13.8. The first-order valence-electron chi connectivity index (χ1n) is 8.56. The second kappa shape index (κ2) is 6.45. The quantitative estimate of drug-likeness (QED) is 0.849. The van der Waals surface area contributed by atoms with Crippen molar-refractivity contribution in [2.75, 3.05) is 26.2 Å². The minimum absolute atomic E-state index is 0.563. The summed E-state index contributed by atoms with van der Waals surface area (Å²) in [6.45, 7) is 12.0. The van der Waals surface area contributed by atoms with Crippen LogP contribution in [0.4, 0.5) is 0 Å². The van der Waals surface area contributed by atoms with E-state index in [0.717, 1.165) is 12.5 Å². The van der Waals surface area contributed by atoms with E-state index in [-0.39, 0.29) is 0 Å². The Morgan fingerprint density at radius 2 is 2.10 bits per heavy atom. The number of nitrogens with zero attached hydrogens (tertiary/aromatic N) is 3. The normalized spacial score (nSPS) is 25.2. The molecule has 2 unspecified atom stereocenters. The highest BCUT2D eigenvalue weighted by Crippen LogP contribution is 2.25. The van der Waals surface area contributed by atoms with Crippen LogP contribution in [0.3, 0.4) is 0 Å². The maximum Gasteiger partial charge on any atom is 0.0305 e. The van der Waals surface area contributed by atoms with Gasteiger partial charge in [-0.25, -0.2) is 0 Å². The van der Waals surface area contributed by atoms with Gasteiger partial charge in [-0.2, -0.15) is 0 Å². The Morgan fingerprint density at radius 3 is 2.90 bits per heavy atom. The fraction of sp³-hybridized carbons (Fsp3) is 0.722. The van der Waals surface area contributed by atoms with Crippen molar-refractivity contribution in [3.63, 3.8) is 0 Å². The van der Waals surface area contributed by atoms with Crippen molar-refractivity contribution in [2.45, 2.75) is 58.0 Å². The minimum Gasteiger partial charge on any atom is -0.298 e. The van der Waals surface area contributed by atoms with E-state index < -0.39 is 0 Å². The van der Waals surface area contributed by atoms with E-state index in [1.807, 2.05) is 6.20 Å². The predicted octanol–water partition coefficient (Wildman–Crippen LogP) is 2.92. The fourth-order valence-corrected chi connectivity index (χ4v) is 4.00. The Kier molecular flexibility index (Phi) is 4.60. The highest BCUT2D eigenvalue weighted by molar-refractivity contribution is 5.27. The lowest BCUT2D eigenvalue weighted by molar-refractivity contribution is 0.0771. The first-order chi connectivity index (χ1) is 10.1. The molecule has 3 heterocycles. The second-order valence-electron chi connectivity index (χ2n) is 7.11. The van der Waals surface area contributed by atoms with E-state index in [0.29, 0.717) is 12.0 Å². The molecule has 1 aromatic rings. The third-order valence-corrected chi connectivity index (χ3v) is 5.33. The lowest BCUT2D eigenvalue weighted by atomic mass is 9.94. The van der Waals surface area contributed by atoms with Gasteiger partial charge in [0.1, 0.15) is 0 Å². The first kappa shape index (κ1) is 15.0. The Morgan fingerprint density at radius 1 is 1.24 bits per heavy atom. The molecule has 2 fully saturated rings. The summed E-state index contributed by atoms with van der Waals surface area (Å²) < 4.78 is 0. The van der Waals surface area contributed by atoms with Crippen LogP contribution in [0.25, 0.3) is 0 Å². The number of aromatic nitrogens is 1. The van der Waals surface area contributed by atoms with Crippen molar-refractivity contribution in [3.8, 4) is 0 Å². The van der Waals surface area contributed by atoms with Gasteiger partial charge in [-0.3, -0.25) is 14.8 Å². The molecule has 21 heavy (non-hydrogen) atoms. The molecule has 0 bridgehead atoms. The molecule has 0 aliphatic carbocycles. The SMILES string of the molecule is CC(C)c1cnccc1CC(C)N1CCN2CCCC2C1. The molecule has 116 valence electrons. The molecular weight excluding hydrogens is 258 g/mol. The van der Waals surface area contributed by atoms with Crippen LogP contribution in [0.1, 0.15) is 50.7 Å². The maximum atomic E-state index is 4.31. The summed E-state index contributed by atoms with van der Waals surface area (Å²) in [6, 6.07) is 3.67. The van der Waals surface area contributed by atoms with Crippen LogP contribution in [0, 0.1) is 0 Å². The summed E-state index contributed by atoms with van der Waals surface area (Å²) in [7, 11) is 0. The van der Waals surface area contributed by atoms with Gasteiger partial charge in [-0.15, -0.1) is 0 Å². The van der Waals surface area contributed by atoms with Crippen molar-refractivity contribution in [1.82, 2.24) is 14.8 Å². The molecular formula is C18H29N3. The van der Waals surface area contributed by atoms with Crippen LogP contribution >= 0.6 is 0 Å². The van der Waals surface area contributed by atoms with E-state index in [4.69, 9.17) is 0 Å². The molecule has 3 heteroatoms. The molecule has 1 aromatic heterocycles. The Hall–Kier alpha value is -0.930. The zero-order valence-electron chi connectivity index (χ0n) is 13.8. The first-order valence-corrected chi connectivity index (χ1v) is 8.56. The molecule has 3 rings (SSSR count). The van der Waals surface area contributed by atoms with E-state index in [1.54, 1.807) is 0 Å². The van der Waals surface area contributed by atoms with Gasteiger partial charge >= 0.3 is 0 Å². The Balaban J connectivity index is 1.65. The third kappa shape index (κ3) is 3.29. The average Bonchev–Trinajstić information content (AvgIpc) is 2.94. The van der Waals surface area contributed by atoms with Crippen LogP contribution in [-0.4, -0.2) is 53.0 Å². The molecule has 2 saturated heterocycles. The molecule has 2 aliphatic rings. The zero-order chi connectivity index (χ0) is 14.8. The summed E-state index contributed by atoms with van der Waals surface area (Å²) in [5.74, 6) is 0.563. The largest absolute Gasteiger partial charge is 0.298 e. The van der Waals surface area contributed by atoms with Gasteiger partial charge in [-0.05, 0) is 55.8 Å². The maximum absolute atomic E-state index is 4.31. The van der Waals surface area contributed by atoms with Crippen LogP contribution in [0.15, 0.2) is 18.5 Å². The number of fused-ring (bicyclic) bond motifs is 1. The summed E-state index contributed by atoms with van der Waals surface area (Å²) in [5, 5.41) is 0. The molecule has 2 atom stereocenters. The second-order valence-corrected chi connectivity index (χ2v) is 7.11. The monoisotopic (exact) mass is 287 g/mol. The molecule has 0 N–H and O–H groups in total. The predicted molar refractivity (Wildman–Crippen MR) is 87.7 cm³/mol. The number of piperazine rings is 1. The van der Waals surface area contributed by atoms with E-state index >= 15 is 0 Å². The van der Waals surface area contributed by atoms with Crippen molar-refractivity contribution < 1.29 is 0 Å². The van der Waals surface area contributed by atoms with Gasteiger partial charge < -0.3 is 0 Å². The molecule has 0 aromatic carbocycles. The average molecular weight is 287 g/mol. The van der Waals surface area contributed by atoms with E-state index in [2.05, 4.69) is 47.8 Å².